The Morgan fingerprint density at radius 1 is 1.50 bits per heavy atom. The molecule has 0 saturated carbocycles. The summed E-state index contributed by atoms with van der Waals surface area (Å²) in [5, 5.41) is 8.90. The van der Waals surface area contributed by atoms with Crippen LogP contribution < -0.4 is 5.73 Å². The second-order valence-electron chi connectivity index (χ2n) is 3.48. The van der Waals surface area contributed by atoms with Crippen LogP contribution in [0.15, 0.2) is 24.3 Å². The molecule has 0 aliphatic rings. The van der Waals surface area contributed by atoms with Gasteiger partial charge in [-0.3, -0.25) is 0 Å². The van der Waals surface area contributed by atoms with Gasteiger partial charge in [-0.25, -0.2) is 4.79 Å². The molecule has 0 bridgehead atoms. The Kier molecular flexibility index (Phi) is 3.65. The molecule has 0 heterocycles. The van der Waals surface area contributed by atoms with Gasteiger partial charge in [-0.05, 0) is 31.4 Å². The van der Waals surface area contributed by atoms with Crippen LogP contribution in [0.5, 0.6) is 0 Å². The lowest BCUT2D eigenvalue weighted by Crippen LogP contribution is -2.16. The van der Waals surface area contributed by atoms with Gasteiger partial charge in [0.15, 0.2) is 0 Å². The number of rotatable bonds is 4. The lowest BCUT2D eigenvalue weighted by atomic mass is 10.0. The number of carbonyl (C=O) groups is 1. The molecule has 14 heavy (non-hydrogen) atoms. The number of hydrogen-bond donors (Lipinski definition) is 2. The van der Waals surface area contributed by atoms with Gasteiger partial charge in [0.05, 0.1) is 5.56 Å². The van der Waals surface area contributed by atoms with Crippen LogP contribution in [0.25, 0.3) is 0 Å². The molecule has 3 heteroatoms. The summed E-state index contributed by atoms with van der Waals surface area (Å²) in [5.41, 5.74) is 6.86. The Bertz CT molecular complexity index is 321. The fourth-order valence-corrected chi connectivity index (χ4v) is 1.33. The van der Waals surface area contributed by atoms with Crippen molar-refractivity contribution < 1.29 is 9.90 Å². The molecule has 0 saturated heterocycles. The van der Waals surface area contributed by atoms with Gasteiger partial charge in [0, 0.05) is 6.04 Å². The molecule has 0 unspecified atom stereocenters. The zero-order chi connectivity index (χ0) is 10.6. The van der Waals surface area contributed by atoms with Crippen molar-refractivity contribution in [2.24, 2.45) is 5.73 Å². The molecule has 76 valence electrons. The first-order valence-corrected chi connectivity index (χ1v) is 4.68. The zero-order valence-corrected chi connectivity index (χ0v) is 8.23. The highest BCUT2D eigenvalue weighted by Gasteiger charge is 2.08. The van der Waals surface area contributed by atoms with Gasteiger partial charge in [-0.15, -0.1) is 0 Å². The second kappa shape index (κ2) is 4.77. The normalized spacial score (nSPS) is 12.4. The molecule has 3 nitrogen and oxygen atoms in total. The van der Waals surface area contributed by atoms with Gasteiger partial charge in [-0.2, -0.15) is 0 Å². The van der Waals surface area contributed by atoms with Crippen LogP contribution in [0.1, 0.15) is 29.3 Å². The van der Waals surface area contributed by atoms with E-state index in [2.05, 4.69) is 0 Å². The Hall–Kier alpha value is -1.35. The predicted octanol–water partition coefficient (Wildman–Crippen LogP) is 1.66. The van der Waals surface area contributed by atoms with E-state index in [1.165, 1.54) is 0 Å². The van der Waals surface area contributed by atoms with Crippen LogP contribution in [0.2, 0.25) is 0 Å². The molecule has 1 aromatic carbocycles. The Morgan fingerprint density at radius 2 is 2.14 bits per heavy atom. The predicted molar refractivity (Wildman–Crippen MR) is 55.4 cm³/mol. The van der Waals surface area contributed by atoms with E-state index < -0.39 is 5.97 Å². The van der Waals surface area contributed by atoms with Gasteiger partial charge >= 0.3 is 5.97 Å². The minimum atomic E-state index is -0.870. The topological polar surface area (TPSA) is 63.3 Å². The largest absolute Gasteiger partial charge is 0.478 e. The first-order valence-electron chi connectivity index (χ1n) is 4.68. The van der Waals surface area contributed by atoms with Crippen molar-refractivity contribution in [3.05, 3.63) is 35.4 Å². The summed E-state index contributed by atoms with van der Waals surface area (Å²) < 4.78 is 0. The molecule has 0 radical (unpaired) electrons. The molecule has 0 aromatic heterocycles. The number of carboxylic acid groups (broad SMARTS) is 1. The molecule has 3 N–H and O–H groups in total. The first kappa shape index (κ1) is 10.7. The number of nitrogens with two attached hydrogens (primary N) is 1. The SMILES string of the molecule is C[C@H](N)CCc1ccccc1C(=O)O. The van der Waals surface area contributed by atoms with Gasteiger partial charge in [0.25, 0.3) is 0 Å². The van der Waals surface area contributed by atoms with E-state index in [0.29, 0.717) is 5.56 Å². The highest BCUT2D eigenvalue weighted by molar-refractivity contribution is 5.89. The minimum absolute atomic E-state index is 0.108. The Balaban J connectivity index is 2.79. The molecule has 0 amide bonds. The smallest absolute Gasteiger partial charge is 0.335 e. The lowest BCUT2D eigenvalue weighted by Gasteiger charge is -2.07. The molecule has 1 atom stereocenters. The second-order valence-corrected chi connectivity index (χ2v) is 3.48. The van der Waals surface area contributed by atoms with Gasteiger partial charge in [0.1, 0.15) is 0 Å². The number of aryl methyl sites for hydroxylation is 1. The summed E-state index contributed by atoms with van der Waals surface area (Å²) in [6.07, 6.45) is 1.53. The van der Waals surface area contributed by atoms with E-state index in [-0.39, 0.29) is 6.04 Å². The third-order valence-corrected chi connectivity index (χ3v) is 2.12. The van der Waals surface area contributed by atoms with Crippen LogP contribution in [0.4, 0.5) is 0 Å². The van der Waals surface area contributed by atoms with Crippen molar-refractivity contribution in [1.82, 2.24) is 0 Å². The molecule has 1 rings (SSSR count). The molecule has 1 aromatic rings. The third-order valence-electron chi connectivity index (χ3n) is 2.12. The number of hydrogen-bond acceptors (Lipinski definition) is 2. The van der Waals surface area contributed by atoms with Crippen LogP contribution in [0, 0.1) is 0 Å². The number of carboxylic acids is 1. The average Bonchev–Trinajstić information content (AvgIpc) is 2.15. The maximum atomic E-state index is 10.8. The molecule has 0 spiro atoms. The van der Waals surface area contributed by atoms with Crippen molar-refractivity contribution in [2.45, 2.75) is 25.8 Å². The maximum Gasteiger partial charge on any atom is 0.335 e. The molecular formula is C11H15NO2. The molecule has 0 fully saturated rings. The standard InChI is InChI=1S/C11H15NO2/c1-8(12)6-7-9-4-2-3-5-10(9)11(13)14/h2-5,8H,6-7,12H2,1H3,(H,13,14)/t8-/m0/s1. The summed E-state index contributed by atoms with van der Waals surface area (Å²) in [7, 11) is 0. The third kappa shape index (κ3) is 2.85. The monoisotopic (exact) mass is 193 g/mol. The summed E-state index contributed by atoms with van der Waals surface area (Å²) in [4.78, 5) is 10.8. The van der Waals surface area contributed by atoms with Crippen molar-refractivity contribution in [3.63, 3.8) is 0 Å². The molecule has 0 aliphatic carbocycles. The van der Waals surface area contributed by atoms with E-state index in [1.54, 1.807) is 12.1 Å². The summed E-state index contributed by atoms with van der Waals surface area (Å²) in [6.45, 7) is 1.92. The highest BCUT2D eigenvalue weighted by atomic mass is 16.4. The van der Waals surface area contributed by atoms with E-state index >= 15 is 0 Å². The highest BCUT2D eigenvalue weighted by Crippen LogP contribution is 2.11. The van der Waals surface area contributed by atoms with Crippen LogP contribution in [0.3, 0.4) is 0 Å². The summed E-state index contributed by atoms with van der Waals surface area (Å²) >= 11 is 0. The zero-order valence-electron chi connectivity index (χ0n) is 8.23. The Labute approximate surface area is 83.6 Å². The number of benzene rings is 1. The quantitative estimate of drug-likeness (QED) is 0.764. The Morgan fingerprint density at radius 3 is 2.71 bits per heavy atom. The van der Waals surface area contributed by atoms with Crippen LogP contribution >= 0.6 is 0 Å². The van der Waals surface area contributed by atoms with Crippen molar-refractivity contribution in [2.75, 3.05) is 0 Å². The number of aromatic carboxylic acids is 1. The van der Waals surface area contributed by atoms with Crippen molar-refractivity contribution in [1.29, 1.82) is 0 Å². The van der Waals surface area contributed by atoms with Crippen molar-refractivity contribution in [3.8, 4) is 0 Å². The van der Waals surface area contributed by atoms with E-state index in [1.807, 2.05) is 19.1 Å². The lowest BCUT2D eigenvalue weighted by molar-refractivity contribution is 0.0695. The van der Waals surface area contributed by atoms with Crippen LogP contribution in [-0.2, 0) is 6.42 Å². The van der Waals surface area contributed by atoms with E-state index in [9.17, 15) is 4.79 Å². The fourth-order valence-electron chi connectivity index (χ4n) is 1.33. The molecule has 0 aliphatic heterocycles. The van der Waals surface area contributed by atoms with Gasteiger partial charge < -0.3 is 10.8 Å². The fraction of sp³-hybridized carbons (Fsp3) is 0.364. The van der Waals surface area contributed by atoms with E-state index in [4.69, 9.17) is 10.8 Å². The average molecular weight is 193 g/mol. The summed E-state index contributed by atoms with van der Waals surface area (Å²) in [5.74, 6) is -0.870. The summed E-state index contributed by atoms with van der Waals surface area (Å²) in [6, 6.07) is 7.16. The molecular weight excluding hydrogens is 178 g/mol. The van der Waals surface area contributed by atoms with E-state index in [0.717, 1.165) is 18.4 Å². The van der Waals surface area contributed by atoms with Gasteiger partial charge in [0.2, 0.25) is 0 Å². The minimum Gasteiger partial charge on any atom is -0.478 e. The first-order chi connectivity index (χ1) is 6.61. The van der Waals surface area contributed by atoms with Gasteiger partial charge in [-0.1, -0.05) is 18.2 Å². The van der Waals surface area contributed by atoms with Crippen LogP contribution in [-0.4, -0.2) is 17.1 Å². The van der Waals surface area contributed by atoms with Crippen molar-refractivity contribution >= 4 is 5.97 Å². The maximum absolute atomic E-state index is 10.8.